The Morgan fingerprint density at radius 1 is 0.756 bits per heavy atom. The molecule has 3 nitrogen and oxygen atoms in total. The molecule has 0 aromatic heterocycles. The second-order valence-corrected chi connectivity index (χ2v) is 11.7. The van der Waals surface area contributed by atoms with Gasteiger partial charge in [0.25, 0.3) is 0 Å². The lowest BCUT2D eigenvalue weighted by atomic mass is 9.91. The first kappa shape index (κ1) is 33.1. The van der Waals surface area contributed by atoms with Gasteiger partial charge in [0.15, 0.2) is 23.8 Å². The van der Waals surface area contributed by atoms with Crippen LogP contribution in [-0.4, -0.2) is 30.5 Å². The monoisotopic (exact) mass is 570 g/mol. The van der Waals surface area contributed by atoms with Gasteiger partial charge < -0.3 is 9.47 Å². The summed E-state index contributed by atoms with van der Waals surface area (Å²) in [5, 5.41) is 0. The van der Waals surface area contributed by atoms with Crippen LogP contribution in [0.4, 0.5) is 8.78 Å². The molecule has 1 aliphatic rings. The molecule has 0 spiro atoms. The Morgan fingerprint density at radius 2 is 1.39 bits per heavy atom. The van der Waals surface area contributed by atoms with Gasteiger partial charge in [-0.25, -0.2) is 13.4 Å². The number of halogens is 2. The minimum absolute atomic E-state index is 0.443. The highest BCUT2D eigenvalue weighted by molar-refractivity contribution is 5.99. The summed E-state index contributed by atoms with van der Waals surface area (Å²) in [7, 11) is 1.71. The SMILES string of the molecule is CCCCCCCCCCCC1=[N+](Cc2ccc(F)cc2F)CCc2c1ccc(OC)c2OCCCCCCCC. The lowest BCUT2D eigenvalue weighted by molar-refractivity contribution is -0.546. The van der Waals surface area contributed by atoms with E-state index in [0.29, 0.717) is 18.7 Å². The van der Waals surface area contributed by atoms with Crippen molar-refractivity contribution in [1.82, 2.24) is 0 Å². The minimum Gasteiger partial charge on any atom is -0.493 e. The number of fused-ring (bicyclic) bond motifs is 1. The standard InChI is InChI=1S/C36H54F2NO2/c1-4-6-8-10-12-13-14-15-17-19-34-31-22-23-35(40-3)36(41-26-18-16-11-9-7-5-2)32(31)24-25-39(34)28-29-20-21-30(37)27-33(29)38/h20-23,27H,4-19,24-26,28H2,1-3H3/q+1. The molecule has 0 atom stereocenters. The molecular formula is C36H54F2NO2+. The van der Waals surface area contributed by atoms with E-state index in [1.807, 2.05) is 6.07 Å². The number of rotatable bonds is 21. The normalized spacial score (nSPS) is 13.0. The largest absolute Gasteiger partial charge is 0.493 e. The molecule has 228 valence electrons. The van der Waals surface area contributed by atoms with Crippen LogP contribution in [0.25, 0.3) is 0 Å². The topological polar surface area (TPSA) is 21.5 Å². The summed E-state index contributed by atoms with van der Waals surface area (Å²) in [5.41, 5.74) is 4.17. The molecule has 0 saturated carbocycles. The summed E-state index contributed by atoms with van der Waals surface area (Å²) in [6, 6.07) is 8.11. The van der Waals surface area contributed by atoms with Crippen molar-refractivity contribution in [3.8, 4) is 11.5 Å². The van der Waals surface area contributed by atoms with Gasteiger partial charge in [-0.15, -0.1) is 0 Å². The molecule has 41 heavy (non-hydrogen) atoms. The van der Waals surface area contributed by atoms with Crippen LogP contribution in [0, 0.1) is 11.6 Å². The summed E-state index contributed by atoms with van der Waals surface area (Å²) in [4.78, 5) is 0. The molecule has 0 N–H and O–H groups in total. The van der Waals surface area contributed by atoms with Crippen LogP contribution in [0.2, 0.25) is 0 Å². The molecule has 1 heterocycles. The van der Waals surface area contributed by atoms with Crippen LogP contribution in [0.15, 0.2) is 30.3 Å². The van der Waals surface area contributed by atoms with Crippen LogP contribution >= 0.6 is 0 Å². The number of hydrogen-bond donors (Lipinski definition) is 0. The maximum absolute atomic E-state index is 14.7. The van der Waals surface area contributed by atoms with Crippen molar-refractivity contribution in [2.24, 2.45) is 0 Å². The van der Waals surface area contributed by atoms with Crippen LogP contribution in [-0.2, 0) is 13.0 Å². The summed E-state index contributed by atoms with van der Waals surface area (Å²) in [5.74, 6) is 0.648. The zero-order valence-corrected chi connectivity index (χ0v) is 26.0. The van der Waals surface area contributed by atoms with E-state index in [1.165, 1.54) is 106 Å². The van der Waals surface area contributed by atoms with E-state index >= 15 is 0 Å². The van der Waals surface area contributed by atoms with Gasteiger partial charge in [-0.3, -0.25) is 0 Å². The number of methoxy groups -OCH3 is 1. The molecule has 3 rings (SSSR count). The first-order valence-electron chi connectivity index (χ1n) is 16.5. The molecule has 0 amide bonds. The van der Waals surface area contributed by atoms with Gasteiger partial charge in [0.05, 0.1) is 19.3 Å². The molecule has 0 saturated heterocycles. The van der Waals surface area contributed by atoms with E-state index in [0.717, 1.165) is 49.8 Å². The lowest BCUT2D eigenvalue weighted by Crippen LogP contribution is -2.30. The van der Waals surface area contributed by atoms with Crippen LogP contribution in [0.3, 0.4) is 0 Å². The van der Waals surface area contributed by atoms with Crippen molar-refractivity contribution in [2.45, 2.75) is 130 Å². The fraction of sp³-hybridized carbons (Fsp3) is 0.639. The summed E-state index contributed by atoms with van der Waals surface area (Å²) >= 11 is 0. The number of ether oxygens (including phenoxy) is 2. The first-order valence-corrected chi connectivity index (χ1v) is 16.5. The van der Waals surface area contributed by atoms with Crippen molar-refractivity contribution in [3.63, 3.8) is 0 Å². The molecule has 2 aromatic rings. The van der Waals surface area contributed by atoms with Crippen molar-refractivity contribution >= 4 is 5.71 Å². The summed E-state index contributed by atoms with van der Waals surface area (Å²) in [6.07, 6.45) is 20.6. The Hall–Kier alpha value is -2.43. The minimum atomic E-state index is -0.534. The maximum atomic E-state index is 14.7. The van der Waals surface area contributed by atoms with E-state index in [9.17, 15) is 8.78 Å². The Bertz CT molecular complexity index is 1080. The molecular weight excluding hydrogens is 516 g/mol. The highest BCUT2D eigenvalue weighted by Crippen LogP contribution is 2.37. The average Bonchev–Trinajstić information content (AvgIpc) is 2.97. The van der Waals surface area contributed by atoms with Crippen LogP contribution in [0.5, 0.6) is 11.5 Å². The van der Waals surface area contributed by atoms with Gasteiger partial charge in [-0.2, -0.15) is 0 Å². The second kappa shape index (κ2) is 18.9. The van der Waals surface area contributed by atoms with Crippen molar-refractivity contribution in [1.29, 1.82) is 0 Å². The molecule has 5 heteroatoms. The molecule has 0 radical (unpaired) electrons. The fourth-order valence-electron chi connectivity index (χ4n) is 5.98. The quantitative estimate of drug-likeness (QED) is 0.110. The molecule has 2 aromatic carbocycles. The average molecular weight is 571 g/mol. The fourth-order valence-corrected chi connectivity index (χ4v) is 5.98. The molecule has 1 aliphatic heterocycles. The van der Waals surface area contributed by atoms with Gasteiger partial charge >= 0.3 is 0 Å². The molecule has 0 fully saturated rings. The molecule has 0 bridgehead atoms. The van der Waals surface area contributed by atoms with E-state index < -0.39 is 11.6 Å². The first-order chi connectivity index (χ1) is 20.1. The third-order valence-electron chi connectivity index (χ3n) is 8.41. The van der Waals surface area contributed by atoms with Crippen LogP contribution < -0.4 is 9.47 Å². The lowest BCUT2D eigenvalue weighted by Gasteiger charge is -2.23. The van der Waals surface area contributed by atoms with Crippen molar-refractivity contribution in [3.05, 3.63) is 58.7 Å². The second-order valence-electron chi connectivity index (χ2n) is 11.7. The molecule has 0 aliphatic carbocycles. The Labute approximate surface area is 248 Å². The predicted molar refractivity (Wildman–Crippen MR) is 167 cm³/mol. The van der Waals surface area contributed by atoms with E-state index in [-0.39, 0.29) is 0 Å². The van der Waals surface area contributed by atoms with Crippen molar-refractivity contribution < 1.29 is 22.8 Å². The number of unbranched alkanes of at least 4 members (excludes halogenated alkanes) is 13. The Morgan fingerprint density at radius 3 is 2.02 bits per heavy atom. The zero-order chi connectivity index (χ0) is 29.3. The van der Waals surface area contributed by atoms with Gasteiger partial charge in [-0.1, -0.05) is 97.3 Å². The third kappa shape index (κ3) is 10.7. The Kier molecular flexibility index (Phi) is 15.2. The smallest absolute Gasteiger partial charge is 0.184 e. The maximum Gasteiger partial charge on any atom is 0.184 e. The van der Waals surface area contributed by atoms with Gasteiger partial charge in [0, 0.05) is 30.0 Å². The van der Waals surface area contributed by atoms with Gasteiger partial charge in [-0.05, 0) is 37.1 Å². The van der Waals surface area contributed by atoms with Gasteiger partial charge in [0.1, 0.15) is 18.2 Å². The number of hydrogen-bond acceptors (Lipinski definition) is 2. The number of nitrogens with zero attached hydrogens (tertiary/aromatic N) is 1. The number of benzene rings is 2. The van der Waals surface area contributed by atoms with Gasteiger partial charge in [0.2, 0.25) is 0 Å². The van der Waals surface area contributed by atoms with E-state index in [1.54, 1.807) is 13.2 Å². The third-order valence-corrected chi connectivity index (χ3v) is 8.41. The van der Waals surface area contributed by atoms with Crippen molar-refractivity contribution in [2.75, 3.05) is 20.3 Å². The summed E-state index contributed by atoms with van der Waals surface area (Å²) in [6.45, 7) is 6.41. The Balaban J connectivity index is 1.74. The van der Waals surface area contributed by atoms with E-state index in [2.05, 4.69) is 24.5 Å². The predicted octanol–water partition coefficient (Wildman–Crippen LogP) is 10.2. The highest BCUT2D eigenvalue weighted by atomic mass is 19.1. The zero-order valence-electron chi connectivity index (χ0n) is 26.0. The molecule has 0 unspecified atom stereocenters. The van der Waals surface area contributed by atoms with E-state index in [4.69, 9.17) is 9.47 Å². The van der Waals surface area contributed by atoms with Crippen LogP contribution in [0.1, 0.15) is 133 Å². The highest BCUT2D eigenvalue weighted by Gasteiger charge is 2.30. The summed E-state index contributed by atoms with van der Waals surface area (Å²) < 4.78 is 42.7.